The van der Waals surface area contributed by atoms with Gasteiger partial charge >= 0.3 is 0 Å². The van der Waals surface area contributed by atoms with Gasteiger partial charge in [0.2, 0.25) is 5.91 Å². The Bertz CT molecular complexity index is 319. The van der Waals surface area contributed by atoms with Crippen molar-refractivity contribution in [1.29, 1.82) is 0 Å². The van der Waals surface area contributed by atoms with Crippen LogP contribution < -0.4 is 5.32 Å². The number of amides is 1. The molecule has 3 nitrogen and oxygen atoms in total. The number of likely N-dealkylation sites (N-methyl/N-ethyl adjacent to an activating group) is 1. The zero-order valence-electron chi connectivity index (χ0n) is 9.58. The van der Waals surface area contributed by atoms with E-state index in [0.29, 0.717) is 0 Å². The zero-order chi connectivity index (χ0) is 11.3. The second kappa shape index (κ2) is 5.39. The first-order valence-corrected chi connectivity index (χ1v) is 5.12. The van der Waals surface area contributed by atoms with E-state index < -0.39 is 0 Å². The van der Waals surface area contributed by atoms with Crippen LogP contribution in [0.25, 0.3) is 0 Å². The third-order valence-electron chi connectivity index (χ3n) is 2.52. The first-order chi connectivity index (χ1) is 7.13. The van der Waals surface area contributed by atoms with Crippen molar-refractivity contribution in [1.82, 2.24) is 4.90 Å². The molecule has 15 heavy (non-hydrogen) atoms. The summed E-state index contributed by atoms with van der Waals surface area (Å²) in [5.41, 5.74) is 2.36. The van der Waals surface area contributed by atoms with Gasteiger partial charge in [-0.2, -0.15) is 0 Å². The van der Waals surface area contributed by atoms with Crippen LogP contribution in [0.5, 0.6) is 0 Å². The fourth-order valence-electron chi connectivity index (χ4n) is 1.29. The molecule has 82 valence electrons. The molecule has 0 radical (unpaired) electrons. The van der Waals surface area contributed by atoms with Crippen LogP contribution in [-0.2, 0) is 11.2 Å². The van der Waals surface area contributed by atoms with Crippen LogP contribution in [0.4, 0.5) is 5.69 Å². The maximum absolute atomic E-state index is 11.0. The Labute approximate surface area is 91.1 Å². The van der Waals surface area contributed by atoms with Crippen LogP contribution in [0.15, 0.2) is 24.3 Å². The van der Waals surface area contributed by atoms with E-state index in [0.717, 1.165) is 18.7 Å². The van der Waals surface area contributed by atoms with Crippen LogP contribution in [0.1, 0.15) is 12.5 Å². The monoisotopic (exact) mass is 206 g/mol. The van der Waals surface area contributed by atoms with Crippen molar-refractivity contribution >= 4 is 11.6 Å². The van der Waals surface area contributed by atoms with E-state index in [1.165, 1.54) is 5.56 Å². The van der Waals surface area contributed by atoms with Crippen molar-refractivity contribution in [2.45, 2.75) is 13.3 Å². The van der Waals surface area contributed by atoms with E-state index >= 15 is 0 Å². The molecule has 0 aliphatic carbocycles. The summed E-state index contributed by atoms with van der Waals surface area (Å²) in [6.45, 7) is 2.36. The molecule has 0 saturated heterocycles. The van der Waals surface area contributed by atoms with Crippen LogP contribution >= 0.6 is 0 Å². The van der Waals surface area contributed by atoms with E-state index in [1.807, 2.05) is 26.2 Å². The van der Waals surface area contributed by atoms with E-state index in [-0.39, 0.29) is 5.91 Å². The van der Waals surface area contributed by atoms with E-state index in [2.05, 4.69) is 17.4 Å². The van der Waals surface area contributed by atoms with E-state index in [4.69, 9.17) is 0 Å². The summed E-state index contributed by atoms with van der Waals surface area (Å²) in [4.78, 5) is 12.7. The number of anilines is 1. The number of carbonyl (C=O) groups is 1. The molecule has 0 aliphatic heterocycles. The van der Waals surface area contributed by atoms with Gasteiger partial charge in [-0.15, -0.1) is 0 Å². The van der Waals surface area contributed by atoms with Crippen LogP contribution in [-0.4, -0.2) is 31.4 Å². The normalized spacial score (nSPS) is 9.80. The Kier molecular flexibility index (Phi) is 4.16. The predicted molar refractivity (Wildman–Crippen MR) is 63.0 cm³/mol. The molecule has 0 saturated carbocycles. The van der Waals surface area contributed by atoms with Gasteiger partial charge in [0.1, 0.15) is 0 Å². The lowest BCUT2D eigenvalue weighted by atomic mass is 10.1. The van der Waals surface area contributed by atoms with E-state index in [1.54, 1.807) is 11.8 Å². The SMILES string of the molecule is CNc1ccc(CCN(C)C(C)=O)cc1. The number of hydrogen-bond acceptors (Lipinski definition) is 2. The summed E-state index contributed by atoms with van der Waals surface area (Å²) in [5.74, 6) is 0.113. The topological polar surface area (TPSA) is 32.3 Å². The largest absolute Gasteiger partial charge is 0.388 e. The summed E-state index contributed by atoms with van der Waals surface area (Å²) >= 11 is 0. The fourth-order valence-corrected chi connectivity index (χ4v) is 1.29. The predicted octanol–water partition coefficient (Wildman–Crippen LogP) is 1.75. The minimum Gasteiger partial charge on any atom is -0.388 e. The molecule has 0 fully saturated rings. The average Bonchev–Trinajstić information content (AvgIpc) is 2.26. The molecule has 0 unspecified atom stereocenters. The molecule has 3 heteroatoms. The molecule has 0 spiro atoms. The third kappa shape index (κ3) is 3.62. The Morgan fingerprint density at radius 3 is 2.40 bits per heavy atom. The summed E-state index contributed by atoms with van der Waals surface area (Å²) in [5, 5.41) is 3.07. The van der Waals surface area contributed by atoms with Gasteiger partial charge in [0, 0.05) is 33.3 Å². The lowest BCUT2D eigenvalue weighted by Crippen LogP contribution is -2.26. The highest BCUT2D eigenvalue weighted by Gasteiger charge is 2.01. The quantitative estimate of drug-likeness (QED) is 0.814. The van der Waals surface area contributed by atoms with Gasteiger partial charge in [0.05, 0.1) is 0 Å². The standard InChI is InChI=1S/C12H18N2O/c1-10(15)14(3)9-8-11-4-6-12(13-2)7-5-11/h4-7,13H,8-9H2,1-3H3. The van der Waals surface area contributed by atoms with Gasteiger partial charge < -0.3 is 10.2 Å². The molecule has 0 heterocycles. The Hall–Kier alpha value is -1.51. The molecule has 0 aromatic heterocycles. The fraction of sp³-hybridized carbons (Fsp3) is 0.417. The van der Waals surface area contributed by atoms with Crippen LogP contribution in [0, 0.1) is 0 Å². The first-order valence-electron chi connectivity index (χ1n) is 5.12. The third-order valence-corrected chi connectivity index (χ3v) is 2.52. The molecular weight excluding hydrogens is 188 g/mol. The molecule has 1 amide bonds. The van der Waals surface area contributed by atoms with Gasteiger partial charge in [-0.3, -0.25) is 4.79 Å². The molecule has 1 rings (SSSR count). The van der Waals surface area contributed by atoms with Crippen molar-refractivity contribution in [2.75, 3.05) is 26.0 Å². The van der Waals surface area contributed by atoms with Crippen molar-refractivity contribution < 1.29 is 4.79 Å². The maximum Gasteiger partial charge on any atom is 0.219 e. The maximum atomic E-state index is 11.0. The Morgan fingerprint density at radius 1 is 1.33 bits per heavy atom. The van der Waals surface area contributed by atoms with Crippen molar-refractivity contribution in [2.24, 2.45) is 0 Å². The number of nitrogens with one attached hydrogen (secondary N) is 1. The smallest absolute Gasteiger partial charge is 0.219 e. The van der Waals surface area contributed by atoms with Crippen molar-refractivity contribution in [3.63, 3.8) is 0 Å². The van der Waals surface area contributed by atoms with Gasteiger partial charge in [0.25, 0.3) is 0 Å². The molecule has 0 aliphatic rings. The van der Waals surface area contributed by atoms with Gasteiger partial charge in [0.15, 0.2) is 0 Å². The summed E-state index contributed by atoms with van der Waals surface area (Å²) < 4.78 is 0. The summed E-state index contributed by atoms with van der Waals surface area (Å²) in [7, 11) is 3.73. The molecule has 0 bridgehead atoms. The van der Waals surface area contributed by atoms with Crippen LogP contribution in [0.3, 0.4) is 0 Å². The Balaban J connectivity index is 2.47. The second-order valence-electron chi connectivity index (χ2n) is 3.64. The summed E-state index contributed by atoms with van der Waals surface area (Å²) in [6, 6.07) is 8.26. The molecule has 1 N–H and O–H groups in total. The highest BCUT2D eigenvalue weighted by molar-refractivity contribution is 5.72. The van der Waals surface area contributed by atoms with Crippen LogP contribution in [0.2, 0.25) is 0 Å². The average molecular weight is 206 g/mol. The summed E-state index contributed by atoms with van der Waals surface area (Å²) in [6.07, 6.45) is 0.903. The molecular formula is C12H18N2O. The van der Waals surface area contributed by atoms with Crippen molar-refractivity contribution in [3.05, 3.63) is 29.8 Å². The second-order valence-corrected chi connectivity index (χ2v) is 3.64. The minimum atomic E-state index is 0.113. The molecule has 1 aromatic carbocycles. The van der Waals surface area contributed by atoms with E-state index in [9.17, 15) is 4.79 Å². The highest BCUT2D eigenvalue weighted by Crippen LogP contribution is 2.09. The molecule has 1 aromatic rings. The Morgan fingerprint density at radius 2 is 1.93 bits per heavy atom. The van der Waals surface area contributed by atoms with Crippen molar-refractivity contribution in [3.8, 4) is 0 Å². The lowest BCUT2D eigenvalue weighted by molar-refractivity contribution is -0.127. The van der Waals surface area contributed by atoms with Gasteiger partial charge in [-0.1, -0.05) is 12.1 Å². The highest BCUT2D eigenvalue weighted by atomic mass is 16.2. The number of hydrogen-bond donors (Lipinski definition) is 1. The number of rotatable bonds is 4. The molecule has 0 atom stereocenters. The lowest BCUT2D eigenvalue weighted by Gasteiger charge is -2.14. The zero-order valence-corrected chi connectivity index (χ0v) is 9.58. The minimum absolute atomic E-state index is 0.113. The number of nitrogens with zero attached hydrogens (tertiary/aromatic N) is 1. The number of carbonyl (C=O) groups excluding carboxylic acids is 1. The number of benzene rings is 1. The first kappa shape index (κ1) is 11.6. The van der Waals surface area contributed by atoms with Gasteiger partial charge in [-0.05, 0) is 24.1 Å². The van der Waals surface area contributed by atoms with Gasteiger partial charge in [-0.25, -0.2) is 0 Å².